The van der Waals surface area contributed by atoms with Gasteiger partial charge in [-0.1, -0.05) is 0 Å². The molecule has 16 heavy (non-hydrogen) atoms. The Morgan fingerprint density at radius 2 is 2.44 bits per heavy atom. The van der Waals surface area contributed by atoms with Crippen molar-refractivity contribution in [1.29, 1.82) is 0 Å². The van der Waals surface area contributed by atoms with Crippen LogP contribution in [-0.4, -0.2) is 32.8 Å². The van der Waals surface area contributed by atoms with Gasteiger partial charge < -0.3 is 14.4 Å². The van der Waals surface area contributed by atoms with Crippen LogP contribution < -0.4 is 9.64 Å². The molecule has 0 aromatic heterocycles. The van der Waals surface area contributed by atoms with Crippen LogP contribution in [0.25, 0.3) is 0 Å². The first-order valence-electron chi connectivity index (χ1n) is 4.93. The third-order valence-corrected chi connectivity index (χ3v) is 3.17. The van der Waals surface area contributed by atoms with Crippen molar-refractivity contribution in [3.05, 3.63) is 22.7 Å². The number of halogens is 1. The fourth-order valence-corrected chi connectivity index (χ4v) is 2.11. The third-order valence-electron chi connectivity index (χ3n) is 2.51. The Balaban J connectivity index is 2.29. The molecular weight excluding hydrogens is 274 g/mol. The number of hydrogen-bond acceptors (Lipinski definition) is 4. The third kappa shape index (κ3) is 2.05. The molecule has 2 rings (SSSR count). The molecule has 0 aliphatic carbocycles. The average molecular weight is 286 g/mol. The minimum absolute atomic E-state index is 0.481. The maximum Gasteiger partial charge on any atom is 0.186 e. The smallest absolute Gasteiger partial charge is 0.186 e. The quantitative estimate of drug-likeness (QED) is 0.794. The molecular formula is C11H12BrNO3. The van der Waals surface area contributed by atoms with Gasteiger partial charge in [0.15, 0.2) is 12.5 Å². The highest BCUT2D eigenvalue weighted by molar-refractivity contribution is 9.10. The number of methoxy groups -OCH3 is 1. The molecule has 1 unspecified atom stereocenters. The minimum Gasteiger partial charge on any atom is -0.495 e. The van der Waals surface area contributed by atoms with Gasteiger partial charge in [0, 0.05) is 18.3 Å². The SMILES string of the molecule is COc1cc(N2CCOC2C=O)ccc1Br. The van der Waals surface area contributed by atoms with Gasteiger partial charge in [0.1, 0.15) is 5.75 Å². The van der Waals surface area contributed by atoms with Gasteiger partial charge in [-0.3, -0.25) is 4.79 Å². The lowest BCUT2D eigenvalue weighted by atomic mass is 10.2. The minimum atomic E-state index is -0.481. The van der Waals surface area contributed by atoms with E-state index in [0.717, 1.165) is 22.2 Å². The number of nitrogens with zero attached hydrogens (tertiary/aromatic N) is 1. The molecule has 0 radical (unpaired) electrons. The number of anilines is 1. The van der Waals surface area contributed by atoms with Crippen LogP contribution >= 0.6 is 15.9 Å². The zero-order valence-corrected chi connectivity index (χ0v) is 10.4. The number of carbonyl (C=O) groups is 1. The van der Waals surface area contributed by atoms with E-state index < -0.39 is 6.23 Å². The summed E-state index contributed by atoms with van der Waals surface area (Å²) in [5, 5.41) is 0. The van der Waals surface area contributed by atoms with Crippen LogP contribution in [0.3, 0.4) is 0 Å². The summed E-state index contributed by atoms with van der Waals surface area (Å²) in [7, 11) is 1.61. The number of benzene rings is 1. The lowest BCUT2D eigenvalue weighted by Gasteiger charge is -2.21. The first-order valence-corrected chi connectivity index (χ1v) is 5.72. The highest BCUT2D eigenvalue weighted by atomic mass is 79.9. The zero-order chi connectivity index (χ0) is 11.5. The molecule has 1 aliphatic rings. The van der Waals surface area contributed by atoms with Crippen LogP contribution in [-0.2, 0) is 9.53 Å². The Labute approximate surface area is 102 Å². The van der Waals surface area contributed by atoms with Crippen molar-refractivity contribution in [2.24, 2.45) is 0 Å². The van der Waals surface area contributed by atoms with E-state index >= 15 is 0 Å². The molecule has 0 N–H and O–H groups in total. The van der Waals surface area contributed by atoms with E-state index in [-0.39, 0.29) is 0 Å². The molecule has 1 aromatic carbocycles. The van der Waals surface area contributed by atoms with E-state index in [1.807, 2.05) is 23.1 Å². The van der Waals surface area contributed by atoms with Gasteiger partial charge in [-0.15, -0.1) is 0 Å². The number of aldehydes is 1. The topological polar surface area (TPSA) is 38.8 Å². The first-order chi connectivity index (χ1) is 7.76. The van der Waals surface area contributed by atoms with E-state index in [1.165, 1.54) is 0 Å². The van der Waals surface area contributed by atoms with E-state index in [9.17, 15) is 4.79 Å². The number of rotatable bonds is 3. The van der Waals surface area contributed by atoms with Crippen LogP contribution in [0.4, 0.5) is 5.69 Å². The van der Waals surface area contributed by atoms with Crippen molar-refractivity contribution in [1.82, 2.24) is 0 Å². The Kier molecular flexibility index (Phi) is 3.46. The Bertz CT molecular complexity index is 397. The van der Waals surface area contributed by atoms with Gasteiger partial charge in [-0.05, 0) is 28.1 Å². The summed E-state index contributed by atoms with van der Waals surface area (Å²) >= 11 is 3.39. The predicted octanol–water partition coefficient (Wildman–Crippen LogP) is 1.82. The van der Waals surface area contributed by atoms with Gasteiger partial charge >= 0.3 is 0 Å². The first kappa shape index (κ1) is 11.4. The molecule has 4 nitrogen and oxygen atoms in total. The van der Waals surface area contributed by atoms with Gasteiger partial charge in [0.2, 0.25) is 0 Å². The van der Waals surface area contributed by atoms with Crippen LogP contribution in [0.15, 0.2) is 22.7 Å². The van der Waals surface area contributed by atoms with Gasteiger partial charge in [-0.25, -0.2) is 0 Å². The molecule has 1 saturated heterocycles. The molecule has 0 bridgehead atoms. The van der Waals surface area contributed by atoms with Crippen molar-refractivity contribution in [3.63, 3.8) is 0 Å². The number of ether oxygens (including phenoxy) is 2. The Hall–Kier alpha value is -1.07. The maximum atomic E-state index is 10.8. The molecule has 0 amide bonds. The second-order valence-electron chi connectivity index (χ2n) is 3.41. The summed E-state index contributed by atoms with van der Waals surface area (Å²) in [5.41, 5.74) is 0.926. The summed E-state index contributed by atoms with van der Waals surface area (Å²) < 4.78 is 11.4. The maximum absolute atomic E-state index is 10.8. The second kappa shape index (κ2) is 4.84. The highest BCUT2D eigenvalue weighted by Crippen LogP contribution is 2.31. The van der Waals surface area contributed by atoms with Crippen LogP contribution in [0.1, 0.15) is 0 Å². The zero-order valence-electron chi connectivity index (χ0n) is 8.85. The number of hydrogen-bond donors (Lipinski definition) is 0. The highest BCUT2D eigenvalue weighted by Gasteiger charge is 2.25. The average Bonchev–Trinajstić information content (AvgIpc) is 2.78. The van der Waals surface area contributed by atoms with Crippen LogP contribution in [0, 0.1) is 0 Å². The molecule has 0 saturated carbocycles. The van der Waals surface area contributed by atoms with E-state index in [2.05, 4.69) is 15.9 Å². The fraction of sp³-hybridized carbons (Fsp3) is 0.364. The van der Waals surface area contributed by atoms with Crippen LogP contribution in [0.5, 0.6) is 5.75 Å². The predicted molar refractivity (Wildman–Crippen MR) is 63.8 cm³/mol. The van der Waals surface area contributed by atoms with Crippen molar-refractivity contribution in [3.8, 4) is 5.75 Å². The van der Waals surface area contributed by atoms with E-state index in [4.69, 9.17) is 9.47 Å². The standard InChI is InChI=1S/C11H12BrNO3/c1-15-10-6-8(2-3-9(10)12)13-4-5-16-11(13)7-14/h2-3,6-7,11H,4-5H2,1H3. The summed E-state index contributed by atoms with van der Waals surface area (Å²) in [6, 6.07) is 5.71. The lowest BCUT2D eigenvalue weighted by molar-refractivity contribution is -0.115. The molecule has 1 fully saturated rings. The van der Waals surface area contributed by atoms with Crippen molar-refractivity contribution in [2.75, 3.05) is 25.2 Å². The molecule has 86 valence electrons. The molecule has 1 aromatic rings. The van der Waals surface area contributed by atoms with E-state index in [0.29, 0.717) is 13.2 Å². The van der Waals surface area contributed by atoms with E-state index in [1.54, 1.807) is 7.11 Å². The summed E-state index contributed by atoms with van der Waals surface area (Å²) in [4.78, 5) is 12.7. The number of carbonyl (C=O) groups excluding carboxylic acids is 1. The monoisotopic (exact) mass is 285 g/mol. The second-order valence-corrected chi connectivity index (χ2v) is 4.26. The molecule has 5 heteroatoms. The van der Waals surface area contributed by atoms with Crippen molar-refractivity contribution in [2.45, 2.75) is 6.23 Å². The van der Waals surface area contributed by atoms with Gasteiger partial charge in [0.05, 0.1) is 18.2 Å². The molecule has 1 aliphatic heterocycles. The largest absolute Gasteiger partial charge is 0.495 e. The fourth-order valence-electron chi connectivity index (χ4n) is 1.70. The normalized spacial score (nSPS) is 19.9. The molecule has 1 heterocycles. The summed E-state index contributed by atoms with van der Waals surface area (Å²) in [6.07, 6.45) is 0.326. The Morgan fingerprint density at radius 1 is 1.62 bits per heavy atom. The van der Waals surface area contributed by atoms with Crippen LogP contribution in [0.2, 0.25) is 0 Å². The van der Waals surface area contributed by atoms with Gasteiger partial charge in [0.25, 0.3) is 0 Å². The molecule has 0 spiro atoms. The molecule has 1 atom stereocenters. The van der Waals surface area contributed by atoms with Gasteiger partial charge in [-0.2, -0.15) is 0 Å². The summed E-state index contributed by atoms with van der Waals surface area (Å²) in [6.45, 7) is 1.29. The lowest BCUT2D eigenvalue weighted by Crippen LogP contribution is -2.31. The van der Waals surface area contributed by atoms with Crippen molar-refractivity contribution >= 4 is 27.9 Å². The summed E-state index contributed by atoms with van der Waals surface area (Å²) in [5.74, 6) is 0.744. The Morgan fingerprint density at radius 3 is 3.12 bits per heavy atom. The van der Waals surface area contributed by atoms with Crippen molar-refractivity contribution < 1.29 is 14.3 Å².